The Morgan fingerprint density at radius 2 is 1.76 bits per heavy atom. The van der Waals surface area contributed by atoms with Crippen LogP contribution < -0.4 is 16.0 Å². The maximum atomic E-state index is 14.1. The predicted octanol–water partition coefficient (Wildman–Crippen LogP) is 3.47. The molecule has 4 amide bonds. The van der Waals surface area contributed by atoms with Crippen LogP contribution in [0.25, 0.3) is 0 Å². The molecule has 1 aliphatic heterocycles. The van der Waals surface area contributed by atoms with Crippen LogP contribution in [-0.2, 0) is 9.59 Å². The summed E-state index contributed by atoms with van der Waals surface area (Å²) >= 11 is 0. The first-order valence-corrected chi connectivity index (χ1v) is 9.84. The van der Waals surface area contributed by atoms with Crippen LogP contribution in [0.1, 0.15) is 46.5 Å². The molecule has 29 heavy (non-hydrogen) atoms. The Morgan fingerprint density at radius 3 is 2.38 bits per heavy atom. The molecular weight excluding hydrogens is 382 g/mol. The zero-order chi connectivity index (χ0) is 21.6. The fourth-order valence-corrected chi connectivity index (χ4v) is 3.25. The second-order valence-corrected chi connectivity index (χ2v) is 7.34. The average molecular weight is 410 g/mol. The molecule has 7 nitrogen and oxygen atoms in total. The quantitative estimate of drug-likeness (QED) is 0.627. The summed E-state index contributed by atoms with van der Waals surface area (Å²) < 4.78 is 27.9. The number of unbranched alkanes of at least 4 members (excludes halogenated alkanes) is 1. The number of likely N-dealkylation sites (tertiary alicyclic amines) is 1. The molecule has 160 valence electrons. The van der Waals surface area contributed by atoms with Gasteiger partial charge in [-0.1, -0.05) is 13.3 Å². The summed E-state index contributed by atoms with van der Waals surface area (Å²) in [7, 11) is 0. The van der Waals surface area contributed by atoms with Crippen molar-refractivity contribution in [2.75, 3.05) is 23.7 Å². The number of hydrogen-bond acceptors (Lipinski definition) is 3. The minimum absolute atomic E-state index is 0.0935. The third-order valence-corrected chi connectivity index (χ3v) is 4.95. The molecule has 0 radical (unpaired) electrons. The highest BCUT2D eigenvalue weighted by molar-refractivity contribution is 5.93. The van der Waals surface area contributed by atoms with E-state index in [-0.39, 0.29) is 35.8 Å². The number of anilines is 2. The van der Waals surface area contributed by atoms with Crippen LogP contribution >= 0.6 is 0 Å². The van der Waals surface area contributed by atoms with Gasteiger partial charge in [0.1, 0.15) is 11.6 Å². The van der Waals surface area contributed by atoms with Crippen LogP contribution in [0.2, 0.25) is 0 Å². The van der Waals surface area contributed by atoms with Crippen molar-refractivity contribution >= 4 is 29.2 Å². The smallest absolute Gasteiger partial charge is 0.322 e. The van der Waals surface area contributed by atoms with E-state index in [9.17, 15) is 23.2 Å². The lowest BCUT2D eigenvalue weighted by molar-refractivity contribution is -0.126. The van der Waals surface area contributed by atoms with Crippen molar-refractivity contribution in [2.24, 2.45) is 5.92 Å². The molecule has 3 N–H and O–H groups in total. The second-order valence-electron chi connectivity index (χ2n) is 7.34. The van der Waals surface area contributed by atoms with Crippen molar-refractivity contribution < 1.29 is 23.2 Å². The molecule has 1 aromatic carbocycles. The molecule has 0 spiro atoms. The summed E-state index contributed by atoms with van der Waals surface area (Å²) in [6.45, 7) is 5.90. The van der Waals surface area contributed by atoms with Gasteiger partial charge in [0.05, 0.1) is 17.3 Å². The minimum Gasteiger partial charge on any atom is -0.356 e. The molecule has 1 fully saturated rings. The van der Waals surface area contributed by atoms with E-state index in [2.05, 4.69) is 16.0 Å². The summed E-state index contributed by atoms with van der Waals surface area (Å²) in [4.78, 5) is 37.7. The number of amides is 4. The fourth-order valence-electron chi connectivity index (χ4n) is 3.25. The largest absolute Gasteiger partial charge is 0.356 e. The molecule has 1 aromatic rings. The summed E-state index contributed by atoms with van der Waals surface area (Å²) in [5.74, 6) is -2.84. The van der Waals surface area contributed by atoms with Crippen LogP contribution in [0.4, 0.5) is 25.0 Å². The van der Waals surface area contributed by atoms with E-state index in [4.69, 9.17) is 0 Å². The number of rotatable bonds is 6. The summed E-state index contributed by atoms with van der Waals surface area (Å²) in [5.41, 5.74) is -0.476. The van der Waals surface area contributed by atoms with E-state index in [1.807, 2.05) is 13.8 Å². The highest BCUT2D eigenvalue weighted by Gasteiger charge is 2.33. The van der Waals surface area contributed by atoms with Gasteiger partial charge in [-0.15, -0.1) is 0 Å². The monoisotopic (exact) mass is 410 g/mol. The highest BCUT2D eigenvalue weighted by Crippen LogP contribution is 2.26. The first-order chi connectivity index (χ1) is 13.7. The summed E-state index contributed by atoms with van der Waals surface area (Å²) in [6, 6.07) is 0.925. The van der Waals surface area contributed by atoms with Crippen LogP contribution in [0, 0.1) is 17.6 Å². The predicted molar refractivity (Wildman–Crippen MR) is 106 cm³/mol. The molecule has 1 saturated heterocycles. The standard InChI is InChI=1S/C20H28F2N4O3/c1-4-5-8-23-19(28)14-7-6-12(2)26(11-14)20(29)25-18-10-17(24-13(3)27)15(21)9-16(18)22/h9-10,12,14H,4-8,11H2,1-3H3,(H,23,28)(H,24,27)(H,25,29). The second kappa shape index (κ2) is 10.2. The Balaban J connectivity index is 2.08. The van der Waals surface area contributed by atoms with Gasteiger partial charge < -0.3 is 20.9 Å². The van der Waals surface area contributed by atoms with Gasteiger partial charge >= 0.3 is 6.03 Å². The number of nitrogens with one attached hydrogen (secondary N) is 3. The lowest BCUT2D eigenvalue weighted by atomic mass is 9.93. The van der Waals surface area contributed by atoms with E-state index in [0.717, 1.165) is 18.9 Å². The number of benzene rings is 1. The van der Waals surface area contributed by atoms with Gasteiger partial charge in [-0.3, -0.25) is 9.59 Å². The third kappa shape index (κ3) is 6.13. The number of carbonyl (C=O) groups excluding carboxylic acids is 3. The lowest BCUT2D eigenvalue weighted by Crippen LogP contribution is -2.51. The van der Waals surface area contributed by atoms with Crippen molar-refractivity contribution in [1.82, 2.24) is 10.2 Å². The molecule has 9 heteroatoms. The maximum absolute atomic E-state index is 14.1. The number of nitrogens with zero attached hydrogens (tertiary/aromatic N) is 1. The van der Waals surface area contributed by atoms with E-state index < -0.39 is 23.6 Å². The minimum atomic E-state index is -0.955. The molecule has 0 aliphatic carbocycles. The Bertz CT molecular complexity index is 772. The molecule has 0 saturated carbocycles. The van der Waals surface area contributed by atoms with Gasteiger partial charge in [0.15, 0.2) is 0 Å². The number of hydrogen-bond donors (Lipinski definition) is 3. The van der Waals surface area contributed by atoms with Crippen LogP contribution in [0.5, 0.6) is 0 Å². The normalized spacial score (nSPS) is 18.9. The van der Waals surface area contributed by atoms with Crippen molar-refractivity contribution in [2.45, 2.75) is 52.5 Å². The van der Waals surface area contributed by atoms with Crippen molar-refractivity contribution in [1.29, 1.82) is 0 Å². The number of piperidine rings is 1. The third-order valence-electron chi connectivity index (χ3n) is 4.95. The van der Waals surface area contributed by atoms with Gasteiger partial charge in [-0.25, -0.2) is 13.6 Å². The molecular formula is C20H28F2N4O3. The first kappa shape index (κ1) is 22.6. The number of carbonyl (C=O) groups is 3. The molecule has 0 aromatic heterocycles. The molecule has 2 atom stereocenters. The zero-order valence-corrected chi connectivity index (χ0v) is 17.0. The van der Waals surface area contributed by atoms with Gasteiger partial charge in [0.2, 0.25) is 11.8 Å². The lowest BCUT2D eigenvalue weighted by Gasteiger charge is -2.37. The Kier molecular flexibility index (Phi) is 7.92. The van der Waals surface area contributed by atoms with E-state index >= 15 is 0 Å². The molecule has 2 rings (SSSR count). The number of urea groups is 1. The zero-order valence-electron chi connectivity index (χ0n) is 17.0. The topological polar surface area (TPSA) is 90.5 Å². The first-order valence-electron chi connectivity index (χ1n) is 9.84. The molecule has 2 unspecified atom stereocenters. The van der Waals surface area contributed by atoms with Gasteiger partial charge in [-0.2, -0.15) is 0 Å². The Labute approximate surface area is 169 Å². The van der Waals surface area contributed by atoms with Gasteiger partial charge in [0, 0.05) is 32.1 Å². The molecule has 1 heterocycles. The average Bonchev–Trinajstić information content (AvgIpc) is 2.65. The van der Waals surface area contributed by atoms with Crippen LogP contribution in [0.15, 0.2) is 12.1 Å². The molecule has 0 bridgehead atoms. The van der Waals surface area contributed by atoms with Crippen LogP contribution in [0.3, 0.4) is 0 Å². The summed E-state index contributed by atoms with van der Waals surface area (Å²) in [5, 5.41) is 7.55. The molecule has 1 aliphatic rings. The summed E-state index contributed by atoms with van der Waals surface area (Å²) in [6.07, 6.45) is 3.17. The van der Waals surface area contributed by atoms with Gasteiger partial charge in [-0.05, 0) is 32.3 Å². The Morgan fingerprint density at radius 1 is 1.10 bits per heavy atom. The van der Waals surface area contributed by atoms with Crippen LogP contribution in [-0.4, -0.2) is 41.9 Å². The van der Waals surface area contributed by atoms with Gasteiger partial charge in [0.25, 0.3) is 0 Å². The number of halogens is 2. The van der Waals surface area contributed by atoms with E-state index in [1.165, 1.54) is 11.8 Å². The van der Waals surface area contributed by atoms with Crippen molar-refractivity contribution in [3.05, 3.63) is 23.8 Å². The van der Waals surface area contributed by atoms with Crippen molar-refractivity contribution in [3.63, 3.8) is 0 Å². The van der Waals surface area contributed by atoms with E-state index in [0.29, 0.717) is 25.5 Å². The fraction of sp³-hybridized carbons (Fsp3) is 0.550. The maximum Gasteiger partial charge on any atom is 0.322 e. The van der Waals surface area contributed by atoms with Crippen molar-refractivity contribution in [3.8, 4) is 0 Å². The highest BCUT2D eigenvalue weighted by atomic mass is 19.1. The van der Waals surface area contributed by atoms with E-state index in [1.54, 1.807) is 0 Å². The Hall–Kier alpha value is -2.71. The SMILES string of the molecule is CCCCNC(=O)C1CCC(C)N(C(=O)Nc2cc(NC(C)=O)c(F)cc2F)C1.